The van der Waals surface area contributed by atoms with Gasteiger partial charge in [-0.1, -0.05) is 6.92 Å². The summed E-state index contributed by atoms with van der Waals surface area (Å²) in [6, 6.07) is 3.09. The number of hydrogen-bond donors (Lipinski definition) is 2. The van der Waals surface area contributed by atoms with E-state index in [0.717, 1.165) is 10.5 Å². The molecule has 0 radical (unpaired) electrons. The molecule has 96 valence electrons. The molecule has 0 amide bonds. The summed E-state index contributed by atoms with van der Waals surface area (Å²) in [6.07, 6.45) is -0.411. The van der Waals surface area contributed by atoms with Gasteiger partial charge in [0, 0.05) is 16.2 Å². The molecule has 0 saturated carbocycles. The van der Waals surface area contributed by atoms with Crippen LogP contribution < -0.4 is 5.73 Å². The summed E-state index contributed by atoms with van der Waals surface area (Å²) in [5, 5.41) is 9.56. The van der Waals surface area contributed by atoms with Crippen LogP contribution in [0.25, 0.3) is 0 Å². The fourth-order valence-corrected chi connectivity index (χ4v) is 2.65. The van der Waals surface area contributed by atoms with Gasteiger partial charge in [0.05, 0.1) is 6.10 Å². The van der Waals surface area contributed by atoms with Gasteiger partial charge in [0.1, 0.15) is 5.82 Å². The van der Waals surface area contributed by atoms with Crippen molar-refractivity contribution >= 4 is 11.8 Å². The second-order valence-corrected chi connectivity index (χ2v) is 5.91. The Kier molecular flexibility index (Phi) is 4.98. The summed E-state index contributed by atoms with van der Waals surface area (Å²) >= 11 is 1.53. The van der Waals surface area contributed by atoms with Crippen LogP contribution in [-0.4, -0.2) is 16.5 Å². The van der Waals surface area contributed by atoms with Crippen molar-refractivity contribution in [2.45, 2.75) is 50.0 Å². The van der Waals surface area contributed by atoms with Crippen LogP contribution in [0, 0.1) is 12.7 Å². The third-order valence-electron chi connectivity index (χ3n) is 2.77. The number of hydrogen-bond acceptors (Lipinski definition) is 3. The second-order valence-electron chi connectivity index (χ2n) is 4.49. The van der Waals surface area contributed by atoms with E-state index in [9.17, 15) is 9.50 Å². The molecule has 0 fully saturated rings. The number of thioether (sulfide) groups is 1. The van der Waals surface area contributed by atoms with Crippen LogP contribution in [0.1, 0.15) is 37.9 Å². The molecule has 1 aromatic rings. The summed E-state index contributed by atoms with van der Waals surface area (Å²) in [6.45, 7) is 7.26. The van der Waals surface area contributed by atoms with Crippen LogP contribution in [0.4, 0.5) is 4.39 Å². The first-order valence-corrected chi connectivity index (χ1v) is 6.61. The van der Waals surface area contributed by atoms with Gasteiger partial charge >= 0.3 is 0 Å². The van der Waals surface area contributed by atoms with E-state index in [1.165, 1.54) is 17.8 Å². The van der Waals surface area contributed by atoms with Crippen LogP contribution in [0.3, 0.4) is 0 Å². The lowest BCUT2D eigenvalue weighted by atomic mass is 10.1. The van der Waals surface area contributed by atoms with Gasteiger partial charge in [-0.15, -0.1) is 11.8 Å². The Bertz CT molecular complexity index is 393. The molecular weight excluding hydrogens is 237 g/mol. The van der Waals surface area contributed by atoms with Gasteiger partial charge in [-0.25, -0.2) is 4.39 Å². The van der Waals surface area contributed by atoms with E-state index in [1.54, 1.807) is 19.9 Å². The molecular formula is C13H20FNOS. The average molecular weight is 257 g/mol. The third-order valence-corrected chi connectivity index (χ3v) is 4.15. The van der Waals surface area contributed by atoms with Crippen LogP contribution in [0.15, 0.2) is 17.0 Å². The van der Waals surface area contributed by atoms with Crippen LogP contribution in [0.2, 0.25) is 0 Å². The van der Waals surface area contributed by atoms with Gasteiger partial charge in [-0.05, 0) is 44.0 Å². The Morgan fingerprint density at radius 1 is 1.29 bits per heavy atom. The molecule has 0 aromatic heterocycles. The molecule has 3 N–H and O–H groups in total. The summed E-state index contributed by atoms with van der Waals surface area (Å²) in [5.74, 6) is -0.230. The molecule has 0 heterocycles. The summed E-state index contributed by atoms with van der Waals surface area (Å²) in [7, 11) is 0. The molecule has 2 nitrogen and oxygen atoms in total. The van der Waals surface area contributed by atoms with E-state index in [1.807, 2.05) is 13.8 Å². The van der Waals surface area contributed by atoms with E-state index in [-0.39, 0.29) is 17.1 Å². The van der Waals surface area contributed by atoms with Crippen molar-refractivity contribution in [2.24, 2.45) is 5.73 Å². The highest BCUT2D eigenvalue weighted by atomic mass is 32.2. The normalized spacial score (nSPS) is 16.6. The third kappa shape index (κ3) is 3.69. The largest absolute Gasteiger partial charge is 0.392 e. The molecule has 0 aliphatic carbocycles. The molecule has 0 spiro atoms. The molecule has 0 bridgehead atoms. The molecule has 0 aliphatic rings. The molecule has 0 saturated heterocycles. The van der Waals surface area contributed by atoms with Crippen molar-refractivity contribution in [2.75, 3.05) is 0 Å². The first-order chi connectivity index (χ1) is 7.82. The van der Waals surface area contributed by atoms with Crippen LogP contribution >= 0.6 is 11.8 Å². The predicted molar refractivity (Wildman–Crippen MR) is 70.7 cm³/mol. The van der Waals surface area contributed by atoms with Crippen molar-refractivity contribution in [1.29, 1.82) is 0 Å². The molecule has 1 aromatic carbocycles. The maximum absolute atomic E-state index is 13.5. The summed E-state index contributed by atoms with van der Waals surface area (Å²) in [4.78, 5) is 0.951. The minimum Gasteiger partial charge on any atom is -0.392 e. The van der Waals surface area contributed by atoms with E-state index in [2.05, 4.69) is 0 Å². The predicted octanol–water partition coefficient (Wildman–Crippen LogP) is 3.02. The number of aliphatic hydroxyl groups is 1. The summed E-state index contributed by atoms with van der Waals surface area (Å²) < 4.78 is 13.5. The van der Waals surface area contributed by atoms with Gasteiger partial charge in [-0.3, -0.25) is 0 Å². The van der Waals surface area contributed by atoms with E-state index < -0.39 is 6.10 Å². The Hall–Kier alpha value is -0.580. The zero-order valence-electron chi connectivity index (χ0n) is 10.7. The van der Waals surface area contributed by atoms with E-state index in [0.29, 0.717) is 5.56 Å². The number of aliphatic hydroxyl groups excluding tert-OH is 1. The topological polar surface area (TPSA) is 46.2 Å². The molecule has 3 unspecified atom stereocenters. The highest BCUT2D eigenvalue weighted by Gasteiger charge is 2.16. The number of rotatable bonds is 4. The smallest absolute Gasteiger partial charge is 0.126 e. The van der Waals surface area contributed by atoms with E-state index >= 15 is 0 Å². The highest BCUT2D eigenvalue weighted by Crippen LogP contribution is 2.32. The SMILES string of the molecule is Cc1cc(SC(C)C(C)O)c(C(C)N)cc1F. The molecule has 4 heteroatoms. The van der Waals surface area contributed by atoms with Crippen LogP contribution in [-0.2, 0) is 0 Å². The van der Waals surface area contributed by atoms with Crippen LogP contribution in [0.5, 0.6) is 0 Å². The molecule has 1 rings (SSSR count). The first-order valence-electron chi connectivity index (χ1n) is 5.73. The zero-order chi connectivity index (χ0) is 13.2. The number of benzene rings is 1. The molecule has 0 aliphatic heterocycles. The number of aryl methyl sites for hydroxylation is 1. The number of nitrogens with two attached hydrogens (primary N) is 1. The van der Waals surface area contributed by atoms with Gasteiger partial charge in [0.25, 0.3) is 0 Å². The Morgan fingerprint density at radius 2 is 1.88 bits per heavy atom. The minimum atomic E-state index is -0.411. The summed E-state index contributed by atoms with van der Waals surface area (Å²) in [5.41, 5.74) is 7.25. The van der Waals surface area contributed by atoms with Crippen molar-refractivity contribution in [3.8, 4) is 0 Å². The lowest BCUT2D eigenvalue weighted by molar-refractivity contribution is 0.196. The van der Waals surface area contributed by atoms with Gasteiger partial charge in [0.15, 0.2) is 0 Å². The Balaban J connectivity index is 3.08. The average Bonchev–Trinajstić information content (AvgIpc) is 2.22. The fraction of sp³-hybridized carbons (Fsp3) is 0.538. The quantitative estimate of drug-likeness (QED) is 0.815. The van der Waals surface area contributed by atoms with Gasteiger partial charge in [-0.2, -0.15) is 0 Å². The van der Waals surface area contributed by atoms with Crippen molar-refractivity contribution in [1.82, 2.24) is 0 Å². The zero-order valence-corrected chi connectivity index (χ0v) is 11.5. The lowest BCUT2D eigenvalue weighted by Gasteiger charge is -2.19. The Morgan fingerprint density at radius 3 is 2.35 bits per heavy atom. The second kappa shape index (κ2) is 5.85. The first kappa shape index (κ1) is 14.5. The maximum atomic E-state index is 13.5. The van der Waals surface area contributed by atoms with Gasteiger partial charge < -0.3 is 10.8 Å². The van der Waals surface area contributed by atoms with Crippen molar-refractivity contribution in [3.63, 3.8) is 0 Å². The van der Waals surface area contributed by atoms with E-state index in [4.69, 9.17) is 5.73 Å². The number of halogens is 1. The molecule has 17 heavy (non-hydrogen) atoms. The van der Waals surface area contributed by atoms with Crippen molar-refractivity contribution in [3.05, 3.63) is 29.1 Å². The Labute approximate surface area is 106 Å². The standard InChI is InChI=1S/C13H20FNOS/c1-7-5-13(17-10(4)9(3)16)11(8(2)15)6-12(7)14/h5-6,8-10,16H,15H2,1-4H3. The van der Waals surface area contributed by atoms with Crippen molar-refractivity contribution < 1.29 is 9.50 Å². The fourth-order valence-electron chi connectivity index (χ4n) is 1.43. The van der Waals surface area contributed by atoms with Gasteiger partial charge in [0.2, 0.25) is 0 Å². The molecule has 3 atom stereocenters. The highest BCUT2D eigenvalue weighted by molar-refractivity contribution is 8.00. The minimum absolute atomic E-state index is 0.0531. The lowest BCUT2D eigenvalue weighted by Crippen LogP contribution is -2.16. The maximum Gasteiger partial charge on any atom is 0.126 e. The monoisotopic (exact) mass is 257 g/mol.